The lowest BCUT2D eigenvalue weighted by Crippen LogP contribution is -2.11. The van der Waals surface area contributed by atoms with Crippen LogP contribution in [-0.2, 0) is 4.74 Å². The molecule has 4 aromatic rings. The number of carbonyl (C=O) groups is 1. The normalized spacial score (nSPS) is 10.9. The molecule has 0 amide bonds. The van der Waals surface area contributed by atoms with E-state index in [1.165, 1.54) is 12.1 Å². The van der Waals surface area contributed by atoms with Gasteiger partial charge in [0.05, 0.1) is 6.61 Å². The van der Waals surface area contributed by atoms with Gasteiger partial charge in [0.25, 0.3) is 5.71 Å². The van der Waals surface area contributed by atoms with Crippen molar-refractivity contribution < 1.29 is 18.4 Å². The van der Waals surface area contributed by atoms with E-state index >= 15 is 0 Å². The Bertz CT molecular complexity index is 1240. The van der Waals surface area contributed by atoms with Gasteiger partial charge >= 0.3 is 5.97 Å². The molecule has 152 valence electrons. The van der Waals surface area contributed by atoms with Gasteiger partial charge in [0, 0.05) is 11.3 Å². The van der Waals surface area contributed by atoms with Crippen molar-refractivity contribution in [1.82, 2.24) is 15.1 Å². The Balaban J connectivity index is 1.88. The Kier molecular flexibility index (Phi) is 5.14. The van der Waals surface area contributed by atoms with Gasteiger partial charge in [0.15, 0.2) is 0 Å². The second-order valence-corrected chi connectivity index (χ2v) is 6.76. The summed E-state index contributed by atoms with van der Waals surface area (Å²) < 4.78 is 23.8. The highest BCUT2D eigenvalue weighted by atomic mass is 19.1. The summed E-state index contributed by atoms with van der Waals surface area (Å²) in [5, 5.41) is 7.79. The summed E-state index contributed by atoms with van der Waals surface area (Å²) in [6.07, 6.45) is 0. The number of hydrogen-bond acceptors (Lipinski definition) is 7. The first-order chi connectivity index (χ1) is 14.5. The summed E-state index contributed by atoms with van der Waals surface area (Å²) in [5.74, 6) is -0.826. The highest BCUT2D eigenvalue weighted by Crippen LogP contribution is 2.33. The molecule has 1 N–H and O–H groups in total. The lowest BCUT2D eigenvalue weighted by molar-refractivity contribution is 0.0512. The van der Waals surface area contributed by atoms with Crippen LogP contribution in [0.4, 0.5) is 15.9 Å². The van der Waals surface area contributed by atoms with Crippen molar-refractivity contribution in [3.05, 3.63) is 65.2 Å². The number of ether oxygens (including phenoxy) is 1. The second-order valence-electron chi connectivity index (χ2n) is 6.76. The Hall–Kier alpha value is -3.81. The topological polar surface area (TPSA) is 90.1 Å². The number of rotatable bonds is 5. The van der Waals surface area contributed by atoms with Crippen molar-refractivity contribution >= 4 is 28.6 Å². The zero-order chi connectivity index (χ0) is 21.3. The van der Waals surface area contributed by atoms with E-state index in [9.17, 15) is 9.18 Å². The van der Waals surface area contributed by atoms with Gasteiger partial charge < -0.3 is 14.6 Å². The standard InChI is InChI=1S/C22H19FN4O3/c1-4-29-22(28)20-25-19(24-16-10-5-12(2)13(3)11-16)17-18(27-30-21(17)26-20)14-6-8-15(23)9-7-14/h5-11H,4H2,1-3H3,(H,24,25,26). The third-order valence-electron chi connectivity index (χ3n) is 4.68. The highest BCUT2D eigenvalue weighted by molar-refractivity contribution is 6.00. The monoisotopic (exact) mass is 406 g/mol. The molecular weight excluding hydrogens is 387 g/mol. The third kappa shape index (κ3) is 3.71. The number of nitrogens with one attached hydrogen (secondary N) is 1. The van der Waals surface area contributed by atoms with Gasteiger partial charge in [-0.1, -0.05) is 11.2 Å². The summed E-state index contributed by atoms with van der Waals surface area (Å²) in [6.45, 7) is 5.92. The predicted molar refractivity (Wildman–Crippen MR) is 110 cm³/mol. The van der Waals surface area contributed by atoms with Crippen molar-refractivity contribution in [3.63, 3.8) is 0 Å². The molecule has 4 rings (SSSR count). The van der Waals surface area contributed by atoms with Crippen LogP contribution in [0.15, 0.2) is 47.0 Å². The number of hydrogen-bond donors (Lipinski definition) is 1. The molecule has 0 bridgehead atoms. The maximum absolute atomic E-state index is 13.4. The van der Waals surface area contributed by atoms with Crippen LogP contribution in [0.1, 0.15) is 28.7 Å². The van der Waals surface area contributed by atoms with E-state index in [0.717, 1.165) is 16.8 Å². The summed E-state index contributed by atoms with van der Waals surface area (Å²) in [5.41, 5.74) is 4.22. The molecule has 8 heteroatoms. The number of aromatic nitrogens is 3. The summed E-state index contributed by atoms with van der Waals surface area (Å²) in [6, 6.07) is 11.7. The Morgan fingerprint density at radius 1 is 1.10 bits per heavy atom. The van der Waals surface area contributed by atoms with Gasteiger partial charge in [-0.15, -0.1) is 0 Å². The molecule has 2 aromatic carbocycles. The predicted octanol–water partition coefficient (Wildman–Crippen LogP) is 4.96. The molecular formula is C22H19FN4O3. The fourth-order valence-electron chi connectivity index (χ4n) is 2.99. The average Bonchev–Trinajstić information content (AvgIpc) is 3.16. The molecule has 0 spiro atoms. The van der Waals surface area contributed by atoms with Crippen LogP contribution in [0, 0.1) is 19.7 Å². The molecule has 0 radical (unpaired) electrons. The van der Waals surface area contributed by atoms with E-state index in [2.05, 4.69) is 20.4 Å². The number of benzene rings is 2. The van der Waals surface area contributed by atoms with Crippen LogP contribution in [0.3, 0.4) is 0 Å². The number of anilines is 2. The molecule has 2 heterocycles. The zero-order valence-corrected chi connectivity index (χ0v) is 16.7. The lowest BCUT2D eigenvalue weighted by atomic mass is 10.1. The molecule has 0 fully saturated rings. The molecule has 2 aromatic heterocycles. The number of esters is 1. The first kappa shape index (κ1) is 19.5. The van der Waals surface area contributed by atoms with Crippen LogP contribution in [0.2, 0.25) is 0 Å². The third-order valence-corrected chi connectivity index (χ3v) is 4.68. The minimum atomic E-state index is -0.665. The molecule has 0 aliphatic rings. The van der Waals surface area contributed by atoms with Crippen molar-refractivity contribution in [3.8, 4) is 11.3 Å². The molecule has 0 aliphatic heterocycles. The Morgan fingerprint density at radius 2 is 1.87 bits per heavy atom. The summed E-state index contributed by atoms with van der Waals surface area (Å²) in [7, 11) is 0. The van der Waals surface area contributed by atoms with E-state index in [4.69, 9.17) is 9.26 Å². The maximum Gasteiger partial charge on any atom is 0.376 e. The van der Waals surface area contributed by atoms with E-state index in [-0.39, 0.29) is 24.0 Å². The van der Waals surface area contributed by atoms with Crippen LogP contribution in [0.5, 0.6) is 0 Å². The van der Waals surface area contributed by atoms with Gasteiger partial charge in [-0.25, -0.2) is 14.2 Å². The number of carbonyl (C=O) groups excluding carboxylic acids is 1. The smallest absolute Gasteiger partial charge is 0.376 e. The molecule has 0 atom stereocenters. The minimum absolute atomic E-state index is 0.124. The van der Waals surface area contributed by atoms with Crippen molar-refractivity contribution in [2.45, 2.75) is 20.8 Å². The van der Waals surface area contributed by atoms with Crippen LogP contribution in [-0.4, -0.2) is 27.7 Å². The molecule has 0 saturated carbocycles. The molecule has 0 unspecified atom stereocenters. The van der Waals surface area contributed by atoms with Crippen molar-refractivity contribution in [2.75, 3.05) is 11.9 Å². The number of fused-ring (bicyclic) bond motifs is 1. The maximum atomic E-state index is 13.4. The first-order valence-corrected chi connectivity index (χ1v) is 9.41. The highest BCUT2D eigenvalue weighted by Gasteiger charge is 2.22. The van der Waals surface area contributed by atoms with Crippen molar-refractivity contribution in [2.24, 2.45) is 0 Å². The summed E-state index contributed by atoms with van der Waals surface area (Å²) in [4.78, 5) is 20.8. The molecule has 7 nitrogen and oxygen atoms in total. The fraction of sp³-hybridized carbons (Fsp3) is 0.182. The molecule has 0 aliphatic carbocycles. The largest absolute Gasteiger partial charge is 0.460 e. The van der Waals surface area contributed by atoms with Gasteiger partial charge in [0.2, 0.25) is 5.82 Å². The van der Waals surface area contributed by atoms with E-state index < -0.39 is 5.97 Å². The Labute approximate surface area is 171 Å². The van der Waals surface area contributed by atoms with E-state index in [0.29, 0.717) is 22.5 Å². The quantitative estimate of drug-likeness (QED) is 0.468. The summed E-state index contributed by atoms with van der Waals surface area (Å²) >= 11 is 0. The van der Waals surface area contributed by atoms with Crippen molar-refractivity contribution in [1.29, 1.82) is 0 Å². The molecule has 30 heavy (non-hydrogen) atoms. The van der Waals surface area contributed by atoms with Crippen LogP contribution in [0.25, 0.3) is 22.4 Å². The minimum Gasteiger partial charge on any atom is -0.460 e. The zero-order valence-electron chi connectivity index (χ0n) is 16.7. The number of nitrogens with zero attached hydrogens (tertiary/aromatic N) is 3. The average molecular weight is 406 g/mol. The second kappa shape index (κ2) is 7.90. The Morgan fingerprint density at radius 3 is 2.57 bits per heavy atom. The van der Waals surface area contributed by atoms with E-state index in [1.54, 1.807) is 19.1 Å². The van der Waals surface area contributed by atoms with Gasteiger partial charge in [-0.05, 0) is 68.3 Å². The fourth-order valence-corrected chi connectivity index (χ4v) is 2.99. The molecule has 0 saturated heterocycles. The van der Waals surface area contributed by atoms with Crippen LogP contribution >= 0.6 is 0 Å². The van der Waals surface area contributed by atoms with Gasteiger partial charge in [-0.2, -0.15) is 4.98 Å². The van der Waals surface area contributed by atoms with Gasteiger partial charge in [0.1, 0.15) is 22.7 Å². The number of halogens is 1. The SMILES string of the molecule is CCOC(=O)c1nc(Nc2ccc(C)c(C)c2)c2c(-c3ccc(F)cc3)noc2n1. The van der Waals surface area contributed by atoms with Gasteiger partial charge in [-0.3, -0.25) is 0 Å². The van der Waals surface area contributed by atoms with E-state index in [1.807, 2.05) is 32.0 Å². The first-order valence-electron chi connectivity index (χ1n) is 9.41. The lowest BCUT2D eigenvalue weighted by Gasteiger charge is -2.10. The van der Waals surface area contributed by atoms with Crippen LogP contribution < -0.4 is 5.32 Å². The number of aryl methyl sites for hydroxylation is 2.